The maximum Gasteiger partial charge on any atom is 0.335 e. The number of nitrogens with zero attached hydrogens (tertiary/aromatic N) is 1. The van der Waals surface area contributed by atoms with E-state index in [0.29, 0.717) is 5.56 Å². The van der Waals surface area contributed by atoms with E-state index >= 15 is 0 Å². The summed E-state index contributed by atoms with van der Waals surface area (Å²) in [5.74, 6) is 5.78. The molecule has 0 bridgehead atoms. The van der Waals surface area contributed by atoms with Gasteiger partial charge in [0.1, 0.15) is 0 Å². The molecule has 2 rings (SSSR count). The first-order chi connectivity index (χ1) is 16.6. The van der Waals surface area contributed by atoms with Crippen molar-refractivity contribution in [3.8, 4) is 11.8 Å². The second-order valence-electron chi connectivity index (χ2n) is 9.07. The molecule has 0 aliphatic heterocycles. The Kier molecular flexibility index (Phi) is 14.2. The van der Waals surface area contributed by atoms with Crippen molar-refractivity contribution in [2.45, 2.75) is 96.8 Å². The summed E-state index contributed by atoms with van der Waals surface area (Å²) in [6.45, 7) is 2.99. The summed E-state index contributed by atoms with van der Waals surface area (Å²) >= 11 is 0. The van der Waals surface area contributed by atoms with E-state index in [-0.39, 0.29) is 0 Å². The fourth-order valence-corrected chi connectivity index (χ4v) is 3.99. The lowest BCUT2D eigenvalue weighted by molar-refractivity contribution is 0.0697. The Morgan fingerprint density at radius 2 is 1.38 bits per heavy atom. The highest BCUT2D eigenvalue weighted by Gasteiger charge is 2.01. The molecule has 0 saturated carbocycles. The summed E-state index contributed by atoms with van der Waals surface area (Å²) in [5, 5.41) is 12.3. The van der Waals surface area contributed by atoms with Crippen LogP contribution >= 0.6 is 0 Å². The molecule has 0 spiro atoms. The molecule has 0 aliphatic rings. The van der Waals surface area contributed by atoms with Crippen molar-refractivity contribution < 1.29 is 9.90 Å². The second kappa shape index (κ2) is 17.6. The lowest BCUT2D eigenvalue weighted by Crippen LogP contribution is -2.02. The number of carboxylic acid groups (broad SMARTS) is 1. The number of aromatic carboxylic acids is 1. The Balaban J connectivity index is 1.31. The molecule has 0 atom stereocenters. The van der Waals surface area contributed by atoms with Gasteiger partial charge in [-0.2, -0.15) is 0 Å². The quantitative estimate of drug-likeness (QED) is 0.186. The standard InChI is InChI=1S/C30H42N2O2/c1-26-18-17-20-29(32-26)19-15-13-11-9-7-5-3-2-4-6-8-10-12-14-16-25-31-28-23-21-27(22-24-28)30(33)34/h17-18,20-24,31H,2-8,10,12-16,19,25H2,1H3,(H,33,34). The number of carbonyl (C=O) groups is 1. The number of rotatable bonds is 17. The SMILES string of the molecule is Cc1cccc(CCCC#CCCCCCCCCCCCCNc2ccc(C(=O)O)cc2)n1. The lowest BCUT2D eigenvalue weighted by atomic mass is 10.1. The smallest absolute Gasteiger partial charge is 0.335 e. The highest BCUT2D eigenvalue weighted by atomic mass is 16.4. The topological polar surface area (TPSA) is 62.2 Å². The molecule has 1 aromatic carbocycles. The molecule has 0 unspecified atom stereocenters. The zero-order valence-corrected chi connectivity index (χ0v) is 21.0. The van der Waals surface area contributed by atoms with E-state index < -0.39 is 5.97 Å². The summed E-state index contributed by atoms with van der Waals surface area (Å²) in [4.78, 5) is 15.4. The van der Waals surface area contributed by atoms with Gasteiger partial charge in [-0.1, -0.05) is 57.4 Å². The molecule has 2 aromatic rings. The second-order valence-corrected chi connectivity index (χ2v) is 9.07. The fourth-order valence-electron chi connectivity index (χ4n) is 3.99. The number of hydrogen-bond donors (Lipinski definition) is 2. The summed E-state index contributed by atoms with van der Waals surface area (Å²) in [6, 6.07) is 13.2. The van der Waals surface area contributed by atoms with Crippen LogP contribution in [0.5, 0.6) is 0 Å². The average molecular weight is 463 g/mol. The molecular weight excluding hydrogens is 420 g/mol. The van der Waals surface area contributed by atoms with Gasteiger partial charge in [0, 0.05) is 36.5 Å². The molecule has 0 saturated heterocycles. The number of anilines is 1. The third-order valence-electron chi connectivity index (χ3n) is 6.00. The van der Waals surface area contributed by atoms with Crippen LogP contribution in [0.4, 0.5) is 5.69 Å². The number of aryl methyl sites for hydroxylation is 2. The maximum atomic E-state index is 10.9. The van der Waals surface area contributed by atoms with Crippen molar-refractivity contribution in [2.24, 2.45) is 0 Å². The number of pyridine rings is 1. The minimum absolute atomic E-state index is 0.331. The third kappa shape index (κ3) is 13.0. The monoisotopic (exact) mass is 462 g/mol. The van der Waals surface area contributed by atoms with E-state index in [1.807, 2.05) is 25.1 Å². The van der Waals surface area contributed by atoms with Gasteiger partial charge in [0.25, 0.3) is 0 Å². The Bertz CT molecular complexity index is 881. The minimum atomic E-state index is -0.880. The predicted molar refractivity (Wildman–Crippen MR) is 142 cm³/mol. The number of nitrogens with one attached hydrogen (secondary N) is 1. The van der Waals surface area contributed by atoms with Gasteiger partial charge >= 0.3 is 5.97 Å². The zero-order valence-electron chi connectivity index (χ0n) is 21.0. The first kappa shape index (κ1) is 27.4. The molecule has 1 aromatic heterocycles. The Morgan fingerprint density at radius 3 is 2.00 bits per heavy atom. The molecule has 0 aliphatic carbocycles. The fraction of sp³-hybridized carbons (Fsp3) is 0.533. The van der Waals surface area contributed by atoms with E-state index in [1.54, 1.807) is 12.1 Å². The molecule has 1 heterocycles. The normalized spacial score (nSPS) is 10.5. The van der Waals surface area contributed by atoms with Crippen LogP contribution in [0.2, 0.25) is 0 Å². The molecule has 34 heavy (non-hydrogen) atoms. The lowest BCUT2D eigenvalue weighted by Gasteiger charge is -2.07. The summed E-state index contributed by atoms with van der Waals surface area (Å²) in [7, 11) is 0. The summed E-state index contributed by atoms with van der Waals surface area (Å²) < 4.78 is 0. The molecular formula is C30H42N2O2. The first-order valence-electron chi connectivity index (χ1n) is 13.1. The zero-order chi connectivity index (χ0) is 24.3. The van der Waals surface area contributed by atoms with Gasteiger partial charge in [-0.05, 0) is 69.0 Å². The van der Waals surface area contributed by atoms with Crippen LogP contribution in [-0.4, -0.2) is 22.6 Å². The third-order valence-corrected chi connectivity index (χ3v) is 6.00. The Labute approximate surface area is 206 Å². The number of aromatic nitrogens is 1. The van der Waals surface area contributed by atoms with Crippen molar-refractivity contribution >= 4 is 11.7 Å². The molecule has 0 amide bonds. The number of carboxylic acids is 1. The van der Waals surface area contributed by atoms with Crippen LogP contribution < -0.4 is 5.32 Å². The van der Waals surface area contributed by atoms with Gasteiger partial charge in [-0.25, -0.2) is 4.79 Å². The van der Waals surface area contributed by atoms with E-state index in [0.717, 1.165) is 50.0 Å². The predicted octanol–water partition coefficient (Wildman–Crippen LogP) is 7.82. The van der Waals surface area contributed by atoms with Crippen LogP contribution in [-0.2, 0) is 6.42 Å². The number of benzene rings is 1. The minimum Gasteiger partial charge on any atom is -0.478 e. The van der Waals surface area contributed by atoms with Crippen molar-refractivity contribution in [3.05, 3.63) is 59.4 Å². The highest BCUT2D eigenvalue weighted by Crippen LogP contribution is 2.13. The van der Waals surface area contributed by atoms with Gasteiger partial charge in [0.2, 0.25) is 0 Å². The molecule has 0 radical (unpaired) electrons. The average Bonchev–Trinajstić information content (AvgIpc) is 2.83. The molecule has 0 fully saturated rings. The van der Waals surface area contributed by atoms with E-state index in [1.165, 1.54) is 63.5 Å². The van der Waals surface area contributed by atoms with Crippen LogP contribution in [0.1, 0.15) is 105 Å². The molecule has 184 valence electrons. The van der Waals surface area contributed by atoms with Crippen molar-refractivity contribution in [3.63, 3.8) is 0 Å². The molecule has 4 heteroatoms. The van der Waals surface area contributed by atoms with Crippen molar-refractivity contribution in [1.82, 2.24) is 4.98 Å². The van der Waals surface area contributed by atoms with Crippen LogP contribution in [0.25, 0.3) is 0 Å². The van der Waals surface area contributed by atoms with Crippen LogP contribution in [0, 0.1) is 18.8 Å². The highest BCUT2D eigenvalue weighted by molar-refractivity contribution is 5.87. The molecule has 4 nitrogen and oxygen atoms in total. The van der Waals surface area contributed by atoms with Gasteiger partial charge in [0.05, 0.1) is 5.56 Å². The first-order valence-corrected chi connectivity index (χ1v) is 13.1. The van der Waals surface area contributed by atoms with E-state index in [2.05, 4.69) is 34.3 Å². The van der Waals surface area contributed by atoms with Gasteiger partial charge in [-0.15, -0.1) is 11.8 Å². The Morgan fingerprint density at radius 1 is 0.794 bits per heavy atom. The van der Waals surface area contributed by atoms with Gasteiger partial charge in [0.15, 0.2) is 0 Å². The van der Waals surface area contributed by atoms with Crippen molar-refractivity contribution in [2.75, 3.05) is 11.9 Å². The number of unbranched alkanes of at least 4 members (excludes halogenated alkanes) is 11. The van der Waals surface area contributed by atoms with Crippen LogP contribution in [0.3, 0.4) is 0 Å². The summed E-state index contributed by atoms with van der Waals surface area (Å²) in [6.07, 6.45) is 17.1. The van der Waals surface area contributed by atoms with E-state index in [4.69, 9.17) is 5.11 Å². The Hall–Kier alpha value is -2.80. The van der Waals surface area contributed by atoms with Gasteiger partial charge < -0.3 is 10.4 Å². The van der Waals surface area contributed by atoms with Crippen LogP contribution in [0.15, 0.2) is 42.5 Å². The molecule has 2 N–H and O–H groups in total. The van der Waals surface area contributed by atoms with E-state index in [9.17, 15) is 4.79 Å². The maximum absolute atomic E-state index is 10.9. The number of hydrogen-bond acceptors (Lipinski definition) is 3. The van der Waals surface area contributed by atoms with Gasteiger partial charge in [-0.3, -0.25) is 4.98 Å². The van der Waals surface area contributed by atoms with Crippen molar-refractivity contribution in [1.29, 1.82) is 0 Å². The largest absolute Gasteiger partial charge is 0.478 e. The summed E-state index contributed by atoms with van der Waals surface area (Å²) in [5.41, 5.74) is 3.60.